The molecule has 54 valence electrons. The van der Waals surface area contributed by atoms with E-state index in [1.165, 1.54) is 0 Å². The lowest BCUT2D eigenvalue weighted by atomic mass is 10.2. The summed E-state index contributed by atoms with van der Waals surface area (Å²) in [5.41, 5.74) is 1.12. The van der Waals surface area contributed by atoms with Gasteiger partial charge in [0.05, 0.1) is 5.71 Å². The van der Waals surface area contributed by atoms with Crippen molar-refractivity contribution in [3.63, 3.8) is 0 Å². The van der Waals surface area contributed by atoms with Crippen molar-refractivity contribution < 1.29 is 4.84 Å². The van der Waals surface area contributed by atoms with Gasteiger partial charge in [-0.1, -0.05) is 19.0 Å². The van der Waals surface area contributed by atoms with Crippen LogP contribution in [0.1, 0.15) is 33.6 Å². The Morgan fingerprint density at radius 1 is 1.44 bits per heavy atom. The van der Waals surface area contributed by atoms with Gasteiger partial charge in [-0.05, 0) is 19.8 Å². The zero-order valence-corrected chi connectivity index (χ0v) is 6.48. The summed E-state index contributed by atoms with van der Waals surface area (Å²) in [4.78, 5) is 4.77. The molecule has 0 aromatic carbocycles. The zero-order chi connectivity index (χ0) is 7.11. The highest BCUT2D eigenvalue weighted by molar-refractivity contribution is 5.81. The van der Waals surface area contributed by atoms with Gasteiger partial charge in [-0.3, -0.25) is 0 Å². The Hall–Kier alpha value is -0.530. The standard InChI is InChI=1S/C5H9NO.C2H6/c1-5-3-2-4-7-6-5;1-2/h2-4H2,1H3;1-2H3. The molecule has 0 aliphatic carbocycles. The fraction of sp³-hybridized carbons (Fsp3) is 0.857. The molecule has 0 radical (unpaired) electrons. The maximum absolute atomic E-state index is 4.77. The molecule has 0 amide bonds. The summed E-state index contributed by atoms with van der Waals surface area (Å²) in [5, 5.41) is 3.75. The third kappa shape index (κ3) is 4.01. The lowest BCUT2D eigenvalue weighted by molar-refractivity contribution is 0.131. The fourth-order valence-corrected chi connectivity index (χ4v) is 0.594. The molecule has 2 heteroatoms. The van der Waals surface area contributed by atoms with Crippen molar-refractivity contribution in [2.45, 2.75) is 33.6 Å². The molecule has 1 heterocycles. The smallest absolute Gasteiger partial charge is 0.117 e. The van der Waals surface area contributed by atoms with Crippen LogP contribution in [0.25, 0.3) is 0 Å². The summed E-state index contributed by atoms with van der Waals surface area (Å²) >= 11 is 0. The number of hydrogen-bond acceptors (Lipinski definition) is 2. The Balaban J connectivity index is 0.000000291. The van der Waals surface area contributed by atoms with E-state index < -0.39 is 0 Å². The molecule has 1 aliphatic heterocycles. The van der Waals surface area contributed by atoms with Crippen LogP contribution < -0.4 is 0 Å². The molecule has 0 saturated heterocycles. The lowest BCUT2D eigenvalue weighted by Gasteiger charge is -2.05. The van der Waals surface area contributed by atoms with Crippen molar-refractivity contribution >= 4 is 5.71 Å². The summed E-state index contributed by atoms with van der Waals surface area (Å²) in [6.45, 7) is 6.79. The highest BCUT2D eigenvalue weighted by atomic mass is 16.6. The number of oxime groups is 1. The van der Waals surface area contributed by atoms with E-state index in [0.29, 0.717) is 0 Å². The summed E-state index contributed by atoms with van der Waals surface area (Å²) in [7, 11) is 0. The van der Waals surface area contributed by atoms with E-state index in [-0.39, 0.29) is 0 Å². The Kier molecular flexibility index (Phi) is 5.27. The molecule has 0 aromatic rings. The Bertz CT molecular complexity index is 88.9. The quantitative estimate of drug-likeness (QED) is 0.491. The lowest BCUT2D eigenvalue weighted by Crippen LogP contribution is -2.02. The number of hydrogen-bond donors (Lipinski definition) is 0. The second-order valence-corrected chi connectivity index (χ2v) is 1.76. The maximum Gasteiger partial charge on any atom is 0.117 e. The molecule has 0 N–H and O–H groups in total. The van der Waals surface area contributed by atoms with Crippen molar-refractivity contribution in [1.29, 1.82) is 0 Å². The second kappa shape index (κ2) is 5.60. The summed E-state index contributed by atoms with van der Waals surface area (Å²) in [6, 6.07) is 0. The van der Waals surface area contributed by atoms with Crippen molar-refractivity contribution in [2.75, 3.05) is 6.61 Å². The molecule has 2 nitrogen and oxygen atoms in total. The van der Waals surface area contributed by atoms with Gasteiger partial charge in [-0.2, -0.15) is 0 Å². The number of rotatable bonds is 0. The minimum Gasteiger partial charge on any atom is -0.396 e. The van der Waals surface area contributed by atoms with Crippen LogP contribution in [0.5, 0.6) is 0 Å². The van der Waals surface area contributed by atoms with Gasteiger partial charge in [0, 0.05) is 0 Å². The molecule has 0 spiro atoms. The topological polar surface area (TPSA) is 21.6 Å². The summed E-state index contributed by atoms with van der Waals surface area (Å²) in [5.74, 6) is 0. The average molecular weight is 129 g/mol. The molecule has 0 unspecified atom stereocenters. The van der Waals surface area contributed by atoms with Gasteiger partial charge >= 0.3 is 0 Å². The monoisotopic (exact) mass is 129 g/mol. The Morgan fingerprint density at radius 3 is 2.33 bits per heavy atom. The fourth-order valence-electron chi connectivity index (χ4n) is 0.594. The highest BCUT2D eigenvalue weighted by Crippen LogP contribution is 2.00. The van der Waals surface area contributed by atoms with E-state index in [1.54, 1.807) is 0 Å². The normalized spacial score (nSPS) is 16.6. The first-order valence-electron chi connectivity index (χ1n) is 3.55. The van der Waals surface area contributed by atoms with Crippen LogP contribution in [0, 0.1) is 0 Å². The van der Waals surface area contributed by atoms with E-state index in [9.17, 15) is 0 Å². The predicted octanol–water partition coefficient (Wildman–Crippen LogP) is 2.20. The molecule has 1 rings (SSSR count). The first kappa shape index (κ1) is 8.47. The van der Waals surface area contributed by atoms with Crippen molar-refractivity contribution in [3.8, 4) is 0 Å². The number of nitrogens with zero attached hydrogens (tertiary/aromatic N) is 1. The molecular weight excluding hydrogens is 114 g/mol. The van der Waals surface area contributed by atoms with Crippen LogP contribution in [0.2, 0.25) is 0 Å². The van der Waals surface area contributed by atoms with Crippen LogP contribution in [0.4, 0.5) is 0 Å². The maximum atomic E-state index is 4.77. The van der Waals surface area contributed by atoms with Gasteiger partial charge in [-0.15, -0.1) is 0 Å². The Morgan fingerprint density at radius 2 is 2.11 bits per heavy atom. The summed E-state index contributed by atoms with van der Waals surface area (Å²) in [6.07, 6.45) is 2.25. The molecular formula is C7H15NO. The molecule has 0 bridgehead atoms. The van der Waals surface area contributed by atoms with Crippen LogP contribution in [0.3, 0.4) is 0 Å². The Labute approximate surface area is 56.9 Å². The summed E-state index contributed by atoms with van der Waals surface area (Å²) < 4.78 is 0. The van der Waals surface area contributed by atoms with E-state index in [1.807, 2.05) is 20.8 Å². The second-order valence-electron chi connectivity index (χ2n) is 1.76. The van der Waals surface area contributed by atoms with E-state index in [0.717, 1.165) is 25.2 Å². The van der Waals surface area contributed by atoms with Crippen molar-refractivity contribution in [3.05, 3.63) is 0 Å². The van der Waals surface area contributed by atoms with Crippen molar-refractivity contribution in [1.82, 2.24) is 0 Å². The minimum absolute atomic E-state index is 0.803. The molecule has 0 aromatic heterocycles. The van der Waals surface area contributed by atoms with Gasteiger partial charge in [0.25, 0.3) is 0 Å². The third-order valence-corrected chi connectivity index (χ3v) is 0.995. The molecule has 9 heavy (non-hydrogen) atoms. The van der Waals surface area contributed by atoms with Crippen LogP contribution in [-0.4, -0.2) is 12.3 Å². The largest absolute Gasteiger partial charge is 0.396 e. The average Bonchev–Trinajstić information content (AvgIpc) is 1.94. The van der Waals surface area contributed by atoms with Gasteiger partial charge in [0.2, 0.25) is 0 Å². The third-order valence-electron chi connectivity index (χ3n) is 0.995. The van der Waals surface area contributed by atoms with E-state index in [2.05, 4.69) is 5.16 Å². The van der Waals surface area contributed by atoms with Crippen molar-refractivity contribution in [2.24, 2.45) is 5.16 Å². The van der Waals surface area contributed by atoms with Gasteiger partial charge in [0.15, 0.2) is 0 Å². The minimum atomic E-state index is 0.803. The highest BCUT2D eigenvalue weighted by Gasteiger charge is 1.97. The van der Waals surface area contributed by atoms with E-state index in [4.69, 9.17) is 4.84 Å². The molecule has 1 aliphatic rings. The van der Waals surface area contributed by atoms with Crippen LogP contribution in [0.15, 0.2) is 5.16 Å². The first-order valence-corrected chi connectivity index (χ1v) is 3.55. The molecule has 0 saturated carbocycles. The molecule has 0 atom stereocenters. The van der Waals surface area contributed by atoms with Gasteiger partial charge in [-0.25, -0.2) is 0 Å². The van der Waals surface area contributed by atoms with E-state index >= 15 is 0 Å². The van der Waals surface area contributed by atoms with Gasteiger partial charge in [0.1, 0.15) is 6.61 Å². The SMILES string of the molecule is CC.CC1=NOCCC1. The predicted molar refractivity (Wildman–Crippen MR) is 39.6 cm³/mol. The first-order chi connectivity index (χ1) is 4.39. The van der Waals surface area contributed by atoms with Crippen LogP contribution >= 0.6 is 0 Å². The zero-order valence-electron chi connectivity index (χ0n) is 6.48. The van der Waals surface area contributed by atoms with Gasteiger partial charge < -0.3 is 4.84 Å². The van der Waals surface area contributed by atoms with Crippen LogP contribution in [-0.2, 0) is 4.84 Å². The molecule has 0 fully saturated rings.